The Bertz CT molecular complexity index is 4070. The zero-order chi connectivity index (χ0) is 96.3. The fourth-order valence-corrected chi connectivity index (χ4v) is 17.2. The molecule has 0 aromatic heterocycles. The third-order valence-electron chi connectivity index (χ3n) is 23.2. The summed E-state index contributed by atoms with van der Waals surface area (Å²) >= 11 is 0. The summed E-state index contributed by atoms with van der Waals surface area (Å²) in [7, 11) is 5.27. The first-order chi connectivity index (χ1) is 59.2. The molecular weight excluding hydrogens is 1660 g/mol. The van der Waals surface area contributed by atoms with Crippen LogP contribution in [-0.2, 0) is 83.5 Å². The number of benzene rings is 2. The minimum absolute atomic E-state index is 0.00195. The summed E-state index contributed by atoms with van der Waals surface area (Å²) in [4.78, 5) is 200. The maximum atomic E-state index is 15.4. The number of nitrogens with one attached hydrogen (secondary N) is 6. The molecule has 11 N–H and O–H groups in total. The Hall–Kier alpha value is -9.30. The van der Waals surface area contributed by atoms with Crippen LogP contribution in [0.15, 0.2) is 53.4 Å². The zero-order valence-corrected chi connectivity index (χ0v) is 80.5. The van der Waals surface area contributed by atoms with Crippen LogP contribution in [0.3, 0.4) is 0 Å². The molecule has 2 aromatic rings. The summed E-state index contributed by atoms with van der Waals surface area (Å²) in [6.45, 7) is 30.0. The number of sulfonamides is 1. The monoisotopic (exact) mass is 1810 g/mol. The lowest BCUT2D eigenvalue weighted by atomic mass is 9.93. The van der Waals surface area contributed by atoms with Gasteiger partial charge in [-0.3, -0.25) is 57.5 Å². The number of rotatable bonds is 33. The number of aliphatic hydroxyl groups is 3. The second kappa shape index (κ2) is 51.2. The van der Waals surface area contributed by atoms with Gasteiger partial charge in [-0.1, -0.05) is 130 Å². The molecular formula is C90H151N15O21S. The Balaban J connectivity index is 1.77. The molecule has 36 nitrogen and oxygen atoms in total. The molecule has 2 aromatic carbocycles. The molecule has 0 spiro atoms. The van der Waals surface area contributed by atoms with Crippen molar-refractivity contribution in [2.75, 3.05) is 101 Å². The molecule has 2 aliphatic rings. The van der Waals surface area contributed by atoms with Crippen LogP contribution in [0.2, 0.25) is 0 Å². The van der Waals surface area contributed by atoms with Crippen molar-refractivity contribution >= 4 is 92.7 Å². The first-order valence-electron chi connectivity index (χ1n) is 44.7. The van der Waals surface area contributed by atoms with Gasteiger partial charge >= 0.3 is 6.09 Å². The molecule has 2 fully saturated rings. The first-order valence-corrected chi connectivity index (χ1v) is 46.1. The van der Waals surface area contributed by atoms with Gasteiger partial charge in [-0.15, -0.1) is 0 Å². The van der Waals surface area contributed by atoms with Crippen LogP contribution >= 0.6 is 0 Å². The lowest BCUT2D eigenvalue weighted by molar-refractivity contribution is -0.157. The standard InChI is InChI=1S/C90H151N15O21S/c1-26-65-84(115)102(23)72(48-106)87(118)98(19)69(42-52(4)5)81(112)97-75(56(12)13)88(119)99(20)68(41-51(2)3)80(111)95-66(79(110)93-59(18)83(114)100(21)70(43-53(6)7)85(116)101(22)71(44-54(8)9)86(117)103(24)76(57(14)15)89(120)104(25)77(82(113)94-65)78(109)58(16)17)29-27-28-39-92-74(108)50-125-62-34-30-60(31-35-62)45-67(96-90(121)126-63-38-40-124-49-63)73(107)47-105(46-55(10)11)127(122,123)64-36-32-61(91)33-37-64/h30-37,51-59,63,65-73,75-78,106-107,109H,26-29,38-50,91H2,1-25H3,(H,92,108)(H,93,110)(H,94,113)(H,95,111)(H,96,121)(H,97,112)/t59-,63+,65+,66+,67+,68+,69+,70+,71+,72-,73-,75+,76+,77+,78-/m1/s1. The van der Waals surface area contributed by atoms with Crippen LogP contribution < -0.4 is 42.4 Å². The minimum Gasteiger partial charge on any atom is -0.484 e. The van der Waals surface area contributed by atoms with Crippen molar-refractivity contribution in [1.82, 2.24) is 70.5 Å². The summed E-state index contributed by atoms with van der Waals surface area (Å²) in [6.07, 6.45) is -3.58. The molecule has 4 rings (SSSR count). The van der Waals surface area contributed by atoms with Gasteiger partial charge in [0.1, 0.15) is 78.3 Å². The van der Waals surface area contributed by atoms with E-state index in [4.69, 9.17) is 19.9 Å². The van der Waals surface area contributed by atoms with Gasteiger partial charge in [-0.2, -0.15) is 4.31 Å². The van der Waals surface area contributed by atoms with Crippen molar-refractivity contribution in [2.24, 2.45) is 47.3 Å². The number of aliphatic hydroxyl groups excluding tert-OH is 3. The number of likely N-dealkylation sites (N-methyl/N-ethyl adjacent to an activating group) is 7. The third kappa shape index (κ3) is 32.1. The van der Waals surface area contributed by atoms with Crippen molar-refractivity contribution in [3.63, 3.8) is 0 Å². The molecule has 2 saturated heterocycles. The van der Waals surface area contributed by atoms with E-state index in [0.717, 1.165) is 19.0 Å². The number of anilines is 1. The van der Waals surface area contributed by atoms with E-state index in [9.17, 15) is 52.5 Å². The van der Waals surface area contributed by atoms with E-state index in [1.165, 1.54) is 100 Å². The molecule has 37 heteroatoms. The maximum Gasteiger partial charge on any atom is 0.407 e. The number of carbonyl (C=O) groups excluding carboxylic acids is 13. The van der Waals surface area contributed by atoms with Crippen molar-refractivity contribution in [3.8, 4) is 5.75 Å². The lowest BCUT2D eigenvalue weighted by Crippen LogP contribution is -2.64. The number of unbranched alkanes of at least 4 members (excludes halogenated alkanes) is 1. The average Bonchev–Trinajstić information content (AvgIpc) is 1.38. The number of carbonyl (C=O) groups is 13. The maximum absolute atomic E-state index is 15.4. The van der Waals surface area contributed by atoms with E-state index in [1.54, 1.807) is 86.6 Å². The Morgan fingerprint density at radius 1 is 0.551 bits per heavy atom. The van der Waals surface area contributed by atoms with Crippen LogP contribution in [0.4, 0.5) is 10.5 Å². The van der Waals surface area contributed by atoms with Crippen LogP contribution in [0.25, 0.3) is 0 Å². The summed E-state index contributed by atoms with van der Waals surface area (Å²) < 4.78 is 46.0. The first kappa shape index (κ1) is 110. The van der Waals surface area contributed by atoms with Crippen LogP contribution in [0.5, 0.6) is 5.75 Å². The largest absolute Gasteiger partial charge is 0.484 e. The van der Waals surface area contributed by atoms with E-state index >= 15 is 33.6 Å². The minimum atomic E-state index is -4.16. The molecule has 2 heterocycles. The zero-order valence-electron chi connectivity index (χ0n) is 79.7. The fourth-order valence-electron chi connectivity index (χ4n) is 15.6. The molecule has 0 bridgehead atoms. The predicted octanol–water partition coefficient (Wildman–Crippen LogP) is 3.75. The number of hydrogen-bond donors (Lipinski definition) is 10. The molecule has 0 saturated carbocycles. The number of nitrogens with two attached hydrogens (primary N) is 1. The summed E-state index contributed by atoms with van der Waals surface area (Å²) in [5.41, 5.74) is 6.82. The second-order valence-corrected chi connectivity index (χ2v) is 39.2. The van der Waals surface area contributed by atoms with Crippen LogP contribution in [0, 0.1) is 47.3 Å². The highest BCUT2D eigenvalue weighted by Gasteiger charge is 2.47. The van der Waals surface area contributed by atoms with Crippen molar-refractivity contribution < 1.29 is 100 Å². The number of alkyl carbamates (subject to hydrolysis) is 1. The molecule has 127 heavy (non-hydrogen) atoms. The molecule has 718 valence electrons. The highest BCUT2D eigenvalue weighted by atomic mass is 32.2. The Morgan fingerprint density at radius 2 is 1.04 bits per heavy atom. The third-order valence-corrected chi connectivity index (χ3v) is 25.0. The van der Waals surface area contributed by atoms with E-state index < -0.39 is 215 Å². The number of nitrogens with zero attached hydrogens (tertiary/aromatic N) is 8. The topological polar surface area (TPSA) is 469 Å². The Morgan fingerprint density at radius 3 is 1.54 bits per heavy atom. The van der Waals surface area contributed by atoms with Gasteiger partial charge in [0.15, 0.2) is 6.61 Å². The molecule has 13 amide bonds. The van der Waals surface area contributed by atoms with Gasteiger partial charge in [0.05, 0.1) is 43.0 Å². The Labute approximate surface area is 752 Å². The predicted molar refractivity (Wildman–Crippen MR) is 481 cm³/mol. The smallest absolute Gasteiger partial charge is 0.407 e. The quantitative estimate of drug-likeness (QED) is 0.0359. The number of hydrogen-bond acceptors (Lipinski definition) is 22. The fraction of sp³-hybridized carbons (Fsp3) is 0.722. The van der Waals surface area contributed by atoms with E-state index in [-0.39, 0.29) is 118 Å². The lowest BCUT2D eigenvalue weighted by Gasteiger charge is -2.41. The Kier molecular flexibility index (Phi) is 44.3. The number of ether oxygens (including phenoxy) is 3. The summed E-state index contributed by atoms with van der Waals surface area (Å²) in [5.74, 6) is -12.2. The van der Waals surface area contributed by atoms with Gasteiger partial charge in [-0.25, -0.2) is 13.2 Å². The van der Waals surface area contributed by atoms with Gasteiger partial charge in [-0.05, 0) is 154 Å². The molecule has 0 aliphatic carbocycles. The van der Waals surface area contributed by atoms with E-state index in [0.29, 0.717) is 24.3 Å². The van der Waals surface area contributed by atoms with Crippen molar-refractivity contribution in [3.05, 3.63) is 54.1 Å². The highest BCUT2D eigenvalue weighted by Crippen LogP contribution is 2.28. The average molecular weight is 1810 g/mol. The van der Waals surface area contributed by atoms with Gasteiger partial charge in [0.2, 0.25) is 75.0 Å². The van der Waals surface area contributed by atoms with Gasteiger partial charge in [0, 0.05) is 81.1 Å². The van der Waals surface area contributed by atoms with Gasteiger partial charge in [0.25, 0.3) is 5.91 Å². The highest BCUT2D eigenvalue weighted by molar-refractivity contribution is 7.89. The van der Waals surface area contributed by atoms with Crippen molar-refractivity contribution in [2.45, 2.75) is 285 Å². The van der Waals surface area contributed by atoms with Crippen molar-refractivity contribution in [1.29, 1.82) is 0 Å². The van der Waals surface area contributed by atoms with E-state index in [2.05, 4.69) is 31.9 Å². The molecule has 0 unspecified atom stereocenters. The second-order valence-electron chi connectivity index (χ2n) is 37.3. The SMILES string of the molecule is CC[C@@H]1NC(=O)[C@H]([C@H](O)C(C)C)N(C)C(=O)[C@H](C(C)C)N(C)C(=O)[C@H](CC(C)C)N(C)C(=O)[C@H](CC(C)C)N(C)C(=O)[C@@H](C)NC(=O)[C@H](CCCCNC(=O)COc2ccc(C[C@H](NC(=O)O[C@H]3CCOC3)[C@H](O)CN(CC(C)C)S(=O)(=O)c3ccc(N)cc3)cc2)NC(=O)[C@H](CC(C)C)N(C)C(=O)[C@H](C(C)C)NC(=O)[C@H](CC(C)C)N(C)C(=O)[C@@H](CO)N(C)C1=O. The van der Waals surface area contributed by atoms with Gasteiger partial charge < -0.3 is 101 Å². The summed E-state index contributed by atoms with van der Waals surface area (Å²) in [6, 6.07) is -4.39. The number of amides is 13. The summed E-state index contributed by atoms with van der Waals surface area (Å²) in [5, 5.41) is 51.5. The molecule has 2 aliphatic heterocycles. The number of nitrogen functional groups attached to an aromatic ring is 1. The van der Waals surface area contributed by atoms with Crippen LogP contribution in [-0.4, -0.2) is 326 Å². The van der Waals surface area contributed by atoms with Crippen LogP contribution in [0.1, 0.15) is 188 Å². The van der Waals surface area contributed by atoms with E-state index in [1.807, 2.05) is 55.4 Å². The molecule has 0 radical (unpaired) electrons. The normalized spacial score (nSPS) is 24.0. The molecule has 15 atom stereocenters.